The predicted molar refractivity (Wildman–Crippen MR) is 109 cm³/mol. The van der Waals surface area contributed by atoms with Crippen molar-refractivity contribution in [1.29, 1.82) is 0 Å². The van der Waals surface area contributed by atoms with Crippen LogP contribution in [0.2, 0.25) is 0 Å². The van der Waals surface area contributed by atoms with Gasteiger partial charge in [0, 0.05) is 17.3 Å². The lowest BCUT2D eigenvalue weighted by Gasteiger charge is -2.64. The van der Waals surface area contributed by atoms with E-state index in [1.165, 1.54) is 22.3 Å². The zero-order valence-electron chi connectivity index (χ0n) is 17.2. The van der Waals surface area contributed by atoms with E-state index in [2.05, 4.69) is 24.3 Å². The van der Waals surface area contributed by atoms with Gasteiger partial charge >= 0.3 is 11.9 Å². The molecule has 4 heteroatoms. The van der Waals surface area contributed by atoms with Crippen molar-refractivity contribution < 1.29 is 19.1 Å². The highest BCUT2D eigenvalue weighted by molar-refractivity contribution is 5.92. The lowest BCUT2D eigenvalue weighted by atomic mass is 9.36. The first-order valence-electron chi connectivity index (χ1n) is 10.5. The zero-order valence-corrected chi connectivity index (χ0v) is 17.2. The molecular formula is C25H26O4. The smallest absolute Gasteiger partial charge is 0.311 e. The Morgan fingerprint density at radius 2 is 1.34 bits per heavy atom. The number of benzene rings is 2. The Kier molecular flexibility index (Phi) is 3.93. The van der Waals surface area contributed by atoms with Crippen molar-refractivity contribution >= 4 is 11.9 Å². The Morgan fingerprint density at radius 3 is 2.00 bits per heavy atom. The van der Waals surface area contributed by atoms with Gasteiger partial charge in [-0.05, 0) is 49.9 Å². The fourth-order valence-electron chi connectivity index (χ4n) is 6.20. The van der Waals surface area contributed by atoms with Crippen LogP contribution in [0, 0.1) is 11.8 Å². The van der Waals surface area contributed by atoms with Crippen molar-refractivity contribution in [3.8, 4) is 0 Å². The summed E-state index contributed by atoms with van der Waals surface area (Å²) in [6, 6.07) is 16.7. The number of hydrogen-bond acceptors (Lipinski definition) is 4. The first kappa shape index (κ1) is 18.4. The van der Waals surface area contributed by atoms with Crippen molar-refractivity contribution in [3.05, 3.63) is 70.8 Å². The number of carbonyl (C=O) groups is 2. The number of fused-ring (bicyclic) bond motifs is 5. The maximum absolute atomic E-state index is 13.3. The maximum atomic E-state index is 13.3. The van der Waals surface area contributed by atoms with Crippen LogP contribution in [0.15, 0.2) is 48.5 Å². The summed E-state index contributed by atoms with van der Waals surface area (Å²) in [6.07, 6.45) is -0.445. The average Bonchev–Trinajstić information content (AvgIpc) is 2.81. The third-order valence-corrected chi connectivity index (χ3v) is 6.84. The van der Waals surface area contributed by atoms with Gasteiger partial charge < -0.3 is 9.47 Å². The summed E-state index contributed by atoms with van der Waals surface area (Å²) >= 11 is 0. The molecule has 29 heavy (non-hydrogen) atoms. The topological polar surface area (TPSA) is 52.6 Å². The second kappa shape index (κ2) is 6.19. The quantitative estimate of drug-likeness (QED) is 0.730. The molecule has 1 saturated carbocycles. The normalized spacial score (nSPS) is 30.4. The van der Waals surface area contributed by atoms with Gasteiger partial charge in [0.1, 0.15) is 0 Å². The van der Waals surface area contributed by atoms with Gasteiger partial charge in [0.25, 0.3) is 0 Å². The molecule has 3 aliphatic carbocycles. The highest BCUT2D eigenvalue weighted by atomic mass is 16.6. The lowest BCUT2D eigenvalue weighted by molar-refractivity contribution is -0.186. The van der Waals surface area contributed by atoms with Crippen LogP contribution in [0.25, 0.3) is 0 Å². The minimum Gasteiger partial charge on any atom is -0.463 e. The summed E-state index contributed by atoms with van der Waals surface area (Å²) in [4.78, 5) is 26.4. The second-order valence-electron chi connectivity index (χ2n) is 9.03. The fraction of sp³-hybridized carbons (Fsp3) is 0.440. The minimum atomic E-state index is -0.520. The molecule has 3 aliphatic rings. The predicted octanol–water partition coefficient (Wildman–Crippen LogP) is 4.32. The molecule has 1 spiro atoms. The molecule has 0 aromatic heterocycles. The van der Waals surface area contributed by atoms with E-state index in [4.69, 9.17) is 9.47 Å². The maximum Gasteiger partial charge on any atom is 0.311 e. The monoisotopic (exact) mass is 390 g/mol. The fourth-order valence-corrected chi connectivity index (χ4v) is 6.20. The SMILES string of the molecule is CC(C)OC(=O)C1C(C(=O)OC(C)C)C23c4ccccc4C2c2ccccc2C13. The molecule has 4 nitrogen and oxygen atoms in total. The Bertz CT molecular complexity index is 1000. The van der Waals surface area contributed by atoms with Crippen LogP contribution in [0.5, 0.6) is 0 Å². The van der Waals surface area contributed by atoms with Gasteiger partial charge in [-0.15, -0.1) is 0 Å². The summed E-state index contributed by atoms with van der Waals surface area (Å²) in [7, 11) is 0. The van der Waals surface area contributed by atoms with Gasteiger partial charge in [-0.2, -0.15) is 0 Å². The van der Waals surface area contributed by atoms with Gasteiger partial charge in [0.05, 0.1) is 24.0 Å². The average molecular weight is 390 g/mol. The highest BCUT2D eigenvalue weighted by Gasteiger charge is 2.79. The van der Waals surface area contributed by atoms with E-state index in [9.17, 15) is 9.59 Å². The number of rotatable bonds is 4. The second-order valence-corrected chi connectivity index (χ2v) is 9.03. The van der Waals surface area contributed by atoms with Crippen LogP contribution < -0.4 is 0 Å². The number of ether oxygens (including phenoxy) is 2. The van der Waals surface area contributed by atoms with E-state index in [0.717, 1.165) is 0 Å². The van der Waals surface area contributed by atoms with E-state index in [-0.39, 0.29) is 36.0 Å². The molecule has 0 amide bonds. The number of carbonyl (C=O) groups excluding carboxylic acids is 2. The van der Waals surface area contributed by atoms with Crippen LogP contribution in [0.3, 0.4) is 0 Å². The third kappa shape index (κ3) is 2.20. The van der Waals surface area contributed by atoms with E-state index >= 15 is 0 Å². The van der Waals surface area contributed by atoms with Crippen LogP contribution in [-0.4, -0.2) is 24.1 Å². The number of esters is 2. The molecule has 0 saturated heterocycles. The van der Waals surface area contributed by atoms with E-state index in [1.54, 1.807) is 0 Å². The van der Waals surface area contributed by atoms with Crippen molar-refractivity contribution in [1.82, 2.24) is 0 Å². The summed E-state index contributed by atoms with van der Waals surface area (Å²) < 4.78 is 11.3. The van der Waals surface area contributed by atoms with E-state index < -0.39 is 17.3 Å². The molecule has 5 rings (SSSR count). The van der Waals surface area contributed by atoms with Gasteiger partial charge in [0.15, 0.2) is 0 Å². The van der Waals surface area contributed by atoms with Crippen molar-refractivity contribution in [3.63, 3.8) is 0 Å². The molecule has 2 aromatic carbocycles. The number of hydrogen-bond donors (Lipinski definition) is 0. The molecule has 1 fully saturated rings. The summed E-state index contributed by atoms with van der Waals surface area (Å²) in [5, 5.41) is 0. The lowest BCUT2D eigenvalue weighted by Crippen LogP contribution is -2.68. The largest absolute Gasteiger partial charge is 0.463 e. The van der Waals surface area contributed by atoms with Crippen molar-refractivity contribution in [2.75, 3.05) is 0 Å². The molecule has 5 atom stereocenters. The third-order valence-electron chi connectivity index (χ3n) is 6.84. The molecule has 0 heterocycles. The first-order valence-corrected chi connectivity index (χ1v) is 10.5. The summed E-state index contributed by atoms with van der Waals surface area (Å²) in [5.74, 6) is -1.52. The summed E-state index contributed by atoms with van der Waals surface area (Å²) in [6.45, 7) is 7.39. The molecule has 0 bridgehead atoms. The van der Waals surface area contributed by atoms with E-state index in [0.29, 0.717) is 0 Å². The molecule has 5 unspecified atom stereocenters. The van der Waals surface area contributed by atoms with Gasteiger partial charge in [-0.1, -0.05) is 48.5 Å². The molecule has 0 radical (unpaired) electrons. The van der Waals surface area contributed by atoms with Gasteiger partial charge in [0.2, 0.25) is 0 Å². The highest BCUT2D eigenvalue weighted by Crippen LogP contribution is 2.79. The Labute approximate surface area is 171 Å². The Hall–Kier alpha value is -2.62. The molecule has 150 valence electrons. The van der Waals surface area contributed by atoms with Crippen molar-refractivity contribution in [2.24, 2.45) is 11.8 Å². The summed E-state index contributed by atoms with van der Waals surface area (Å²) in [5.41, 5.74) is 4.46. The van der Waals surface area contributed by atoms with Crippen LogP contribution in [0.4, 0.5) is 0 Å². The molecule has 0 N–H and O–H groups in total. The van der Waals surface area contributed by atoms with Crippen LogP contribution >= 0.6 is 0 Å². The zero-order chi connectivity index (χ0) is 20.5. The minimum absolute atomic E-state index is 0.0467. The van der Waals surface area contributed by atoms with E-state index in [1.807, 2.05) is 52.0 Å². The first-order chi connectivity index (χ1) is 13.9. The molecular weight excluding hydrogens is 364 g/mol. The van der Waals surface area contributed by atoms with Gasteiger partial charge in [-0.25, -0.2) is 0 Å². The van der Waals surface area contributed by atoms with Crippen LogP contribution in [-0.2, 0) is 24.5 Å². The van der Waals surface area contributed by atoms with Crippen molar-refractivity contribution in [2.45, 2.75) is 57.2 Å². The van der Waals surface area contributed by atoms with Gasteiger partial charge in [-0.3, -0.25) is 9.59 Å². The molecule has 2 aromatic rings. The Balaban J connectivity index is 1.68. The van der Waals surface area contributed by atoms with Crippen LogP contribution in [0.1, 0.15) is 61.8 Å². The standard InChI is InChI=1S/C25H26O4/c1-13(2)28-23(26)19-21-16-10-6-5-9-15(16)20-17-11-7-8-12-18(17)25(20,21)22(19)24(27)29-14(3)4/h5-14,19-22H,1-4H3. The Morgan fingerprint density at radius 1 is 0.793 bits per heavy atom. The molecule has 0 aliphatic heterocycles.